The Morgan fingerprint density at radius 3 is 2.69 bits per heavy atom. The Bertz CT molecular complexity index is 1510. The zero-order valence-electron chi connectivity index (χ0n) is 17.5. The molecule has 0 radical (unpaired) electrons. The van der Waals surface area contributed by atoms with Crippen LogP contribution in [0, 0.1) is 5.82 Å². The molecule has 3 N–H and O–H groups in total. The molecule has 0 aliphatic rings. The lowest BCUT2D eigenvalue weighted by atomic mass is 10.1. The molecular weight excluding hydrogens is 415 g/mol. The van der Waals surface area contributed by atoms with Crippen molar-refractivity contribution in [3.63, 3.8) is 0 Å². The van der Waals surface area contributed by atoms with E-state index in [1.165, 1.54) is 13.2 Å². The summed E-state index contributed by atoms with van der Waals surface area (Å²) in [6.07, 6.45) is 4.99. The molecule has 5 rings (SSSR count). The first kappa shape index (κ1) is 19.7. The SMILES string of the molecule is COc1cc(F)c2nc(-c3c(NC(C)c4ncccn4)c4nn(C)cc4[nH]c3=O)[nH]c2c1. The molecule has 0 aliphatic heterocycles. The number of nitrogens with zero attached hydrogens (tertiary/aromatic N) is 5. The van der Waals surface area contributed by atoms with Gasteiger partial charge in [0.05, 0.1) is 29.9 Å². The number of H-pyrrole nitrogens is 2. The van der Waals surface area contributed by atoms with Crippen LogP contribution in [0.3, 0.4) is 0 Å². The molecule has 10 nitrogen and oxygen atoms in total. The highest BCUT2D eigenvalue weighted by Crippen LogP contribution is 2.33. The smallest absolute Gasteiger partial charge is 0.261 e. The molecule has 0 amide bonds. The molecule has 4 heterocycles. The Kier molecular flexibility index (Phi) is 4.58. The van der Waals surface area contributed by atoms with Gasteiger partial charge in [-0.15, -0.1) is 0 Å². The largest absolute Gasteiger partial charge is 0.497 e. The molecule has 0 bridgehead atoms. The number of methoxy groups -OCH3 is 1. The highest BCUT2D eigenvalue weighted by atomic mass is 19.1. The average molecular weight is 434 g/mol. The Morgan fingerprint density at radius 1 is 1.16 bits per heavy atom. The monoisotopic (exact) mass is 434 g/mol. The molecule has 0 fully saturated rings. The number of hydrogen-bond donors (Lipinski definition) is 3. The van der Waals surface area contributed by atoms with Crippen molar-refractivity contribution in [1.82, 2.24) is 34.7 Å². The number of imidazole rings is 1. The van der Waals surface area contributed by atoms with E-state index in [4.69, 9.17) is 4.74 Å². The molecule has 0 aliphatic carbocycles. The second-order valence-corrected chi connectivity index (χ2v) is 7.33. The van der Waals surface area contributed by atoms with Gasteiger partial charge in [0.2, 0.25) is 0 Å². The van der Waals surface area contributed by atoms with Gasteiger partial charge in [0.15, 0.2) is 5.82 Å². The first-order valence-corrected chi connectivity index (χ1v) is 9.81. The highest BCUT2D eigenvalue weighted by molar-refractivity contribution is 5.96. The van der Waals surface area contributed by atoms with Crippen LogP contribution >= 0.6 is 0 Å². The van der Waals surface area contributed by atoms with Crippen molar-refractivity contribution in [1.29, 1.82) is 0 Å². The summed E-state index contributed by atoms with van der Waals surface area (Å²) in [4.78, 5) is 31.9. The van der Waals surface area contributed by atoms with Crippen molar-refractivity contribution in [2.24, 2.45) is 7.05 Å². The molecule has 1 aromatic carbocycles. The van der Waals surface area contributed by atoms with E-state index in [-0.39, 0.29) is 22.9 Å². The summed E-state index contributed by atoms with van der Waals surface area (Å²) in [5.74, 6) is 0.526. The summed E-state index contributed by atoms with van der Waals surface area (Å²) in [7, 11) is 3.21. The zero-order chi connectivity index (χ0) is 22.4. The predicted molar refractivity (Wildman–Crippen MR) is 117 cm³/mol. The number of aromatic amines is 2. The molecule has 4 aromatic heterocycles. The van der Waals surface area contributed by atoms with E-state index in [9.17, 15) is 9.18 Å². The average Bonchev–Trinajstić information content (AvgIpc) is 3.37. The first-order valence-electron chi connectivity index (χ1n) is 9.81. The third-order valence-electron chi connectivity index (χ3n) is 5.11. The van der Waals surface area contributed by atoms with Gasteiger partial charge in [0.1, 0.15) is 34.0 Å². The zero-order valence-corrected chi connectivity index (χ0v) is 17.5. The van der Waals surface area contributed by atoms with Gasteiger partial charge in [0, 0.05) is 37.8 Å². The maximum atomic E-state index is 14.6. The number of fused-ring (bicyclic) bond motifs is 2. The van der Waals surface area contributed by atoms with E-state index in [0.29, 0.717) is 33.8 Å². The van der Waals surface area contributed by atoms with Crippen molar-refractivity contribution in [2.75, 3.05) is 12.4 Å². The number of aromatic nitrogens is 7. The van der Waals surface area contributed by atoms with E-state index >= 15 is 0 Å². The van der Waals surface area contributed by atoms with Crippen molar-refractivity contribution >= 4 is 27.8 Å². The molecule has 0 saturated heterocycles. The number of aryl methyl sites for hydroxylation is 1. The minimum atomic E-state index is -0.558. The van der Waals surface area contributed by atoms with Gasteiger partial charge in [-0.25, -0.2) is 19.3 Å². The van der Waals surface area contributed by atoms with Crippen LogP contribution in [0.1, 0.15) is 18.8 Å². The summed E-state index contributed by atoms with van der Waals surface area (Å²) >= 11 is 0. The number of benzene rings is 1. The van der Waals surface area contributed by atoms with Crippen LogP contribution < -0.4 is 15.6 Å². The van der Waals surface area contributed by atoms with Crippen LogP contribution in [0.5, 0.6) is 5.75 Å². The fourth-order valence-corrected chi connectivity index (χ4v) is 3.65. The molecular formula is C21H19FN8O2. The van der Waals surface area contributed by atoms with Gasteiger partial charge >= 0.3 is 0 Å². The number of rotatable bonds is 5. The van der Waals surface area contributed by atoms with Crippen LogP contribution in [0.4, 0.5) is 10.1 Å². The Balaban J connectivity index is 1.73. The molecule has 1 atom stereocenters. The summed E-state index contributed by atoms with van der Waals surface area (Å²) in [6.45, 7) is 1.87. The Hall–Kier alpha value is -4.28. The lowest BCUT2D eigenvalue weighted by Crippen LogP contribution is -2.17. The number of pyridine rings is 1. The minimum absolute atomic E-state index is 0.103. The number of anilines is 1. The fraction of sp³-hybridized carbons (Fsp3) is 0.190. The third-order valence-corrected chi connectivity index (χ3v) is 5.11. The van der Waals surface area contributed by atoms with Crippen molar-refractivity contribution in [3.05, 3.63) is 58.8 Å². The Labute approximate surface area is 180 Å². The summed E-state index contributed by atoms with van der Waals surface area (Å²) in [6, 6.07) is 4.25. The Morgan fingerprint density at radius 2 is 1.94 bits per heavy atom. The predicted octanol–water partition coefficient (Wildman–Crippen LogP) is 2.92. The number of nitrogens with one attached hydrogen (secondary N) is 3. The van der Waals surface area contributed by atoms with Gasteiger partial charge in [0.25, 0.3) is 5.56 Å². The van der Waals surface area contributed by atoms with Crippen LogP contribution in [0.15, 0.2) is 41.6 Å². The lowest BCUT2D eigenvalue weighted by molar-refractivity contribution is 0.412. The summed E-state index contributed by atoms with van der Waals surface area (Å²) in [5, 5.41) is 7.80. The second-order valence-electron chi connectivity index (χ2n) is 7.33. The van der Waals surface area contributed by atoms with Gasteiger partial charge in [-0.1, -0.05) is 0 Å². The van der Waals surface area contributed by atoms with E-state index in [1.54, 1.807) is 42.5 Å². The van der Waals surface area contributed by atoms with Gasteiger partial charge in [-0.2, -0.15) is 5.10 Å². The van der Waals surface area contributed by atoms with Crippen molar-refractivity contribution in [2.45, 2.75) is 13.0 Å². The molecule has 1 unspecified atom stereocenters. The van der Waals surface area contributed by atoms with E-state index < -0.39 is 11.4 Å². The van der Waals surface area contributed by atoms with Crippen LogP contribution in [-0.2, 0) is 7.05 Å². The van der Waals surface area contributed by atoms with Gasteiger partial charge in [-0.05, 0) is 13.0 Å². The highest BCUT2D eigenvalue weighted by Gasteiger charge is 2.23. The third kappa shape index (κ3) is 3.23. The lowest BCUT2D eigenvalue weighted by Gasteiger charge is -2.16. The molecule has 162 valence electrons. The van der Waals surface area contributed by atoms with Gasteiger partial charge in [-0.3, -0.25) is 9.48 Å². The van der Waals surface area contributed by atoms with Crippen molar-refractivity contribution in [3.8, 4) is 17.1 Å². The standard InChI is InChI=1S/C21H19FN8O2/c1-10(19-23-5-4-6-24-19)25-18-15(21(31)27-14-9-30(2)29-17(14)18)20-26-13-8-11(32-3)7-12(22)16(13)28-20/h4-10,25H,1-3H3,(H,26,28)(H,27,31). The number of hydrogen-bond acceptors (Lipinski definition) is 7. The molecule has 0 spiro atoms. The summed E-state index contributed by atoms with van der Waals surface area (Å²) in [5.41, 5.74) is 1.83. The van der Waals surface area contributed by atoms with Crippen LogP contribution in [0.2, 0.25) is 0 Å². The van der Waals surface area contributed by atoms with Gasteiger partial charge < -0.3 is 20.0 Å². The molecule has 0 saturated carbocycles. The second kappa shape index (κ2) is 7.45. The van der Waals surface area contributed by atoms with Crippen LogP contribution in [-0.4, -0.2) is 41.8 Å². The maximum absolute atomic E-state index is 14.6. The fourth-order valence-electron chi connectivity index (χ4n) is 3.65. The van der Waals surface area contributed by atoms with E-state index in [1.807, 2.05) is 6.92 Å². The quantitative estimate of drug-likeness (QED) is 0.388. The van der Waals surface area contributed by atoms with E-state index in [0.717, 1.165) is 0 Å². The van der Waals surface area contributed by atoms with Crippen LogP contribution in [0.25, 0.3) is 33.5 Å². The molecule has 5 aromatic rings. The summed E-state index contributed by atoms with van der Waals surface area (Å²) < 4.78 is 21.3. The van der Waals surface area contributed by atoms with Crippen molar-refractivity contribution < 1.29 is 9.13 Å². The number of ether oxygens (including phenoxy) is 1. The van der Waals surface area contributed by atoms with E-state index in [2.05, 4.69) is 35.3 Å². The maximum Gasteiger partial charge on any atom is 0.261 e. The topological polar surface area (TPSA) is 126 Å². The first-order chi connectivity index (χ1) is 15.4. The minimum Gasteiger partial charge on any atom is -0.497 e. The number of halogens is 1. The normalized spacial score (nSPS) is 12.4. The molecule has 32 heavy (non-hydrogen) atoms. The molecule has 11 heteroatoms.